The Bertz CT molecular complexity index is 820. The van der Waals surface area contributed by atoms with Crippen LogP contribution in [-0.4, -0.2) is 46.5 Å². The van der Waals surface area contributed by atoms with Gasteiger partial charge in [-0.1, -0.05) is 0 Å². The van der Waals surface area contributed by atoms with Gasteiger partial charge in [0.2, 0.25) is 5.91 Å². The fourth-order valence-corrected chi connectivity index (χ4v) is 3.42. The molecule has 0 saturated carbocycles. The standard InChI is InChI=1S/C18H23FN4O2/c1-13(24)20-10-14-3-2-6-22(12-14)7-8-23-17-9-15(19)11-21-16(17)4-5-18(23)25/h4-5,9,11,14H,2-3,6-8,10,12H2,1H3,(H,20,24). The molecule has 6 nitrogen and oxygen atoms in total. The number of carbonyl (C=O) groups excluding carboxylic acids is 1. The Balaban J connectivity index is 1.68. The number of hydrogen-bond donors (Lipinski definition) is 1. The molecule has 3 rings (SSSR count). The van der Waals surface area contributed by atoms with Gasteiger partial charge in [0.15, 0.2) is 0 Å². The first-order valence-corrected chi connectivity index (χ1v) is 8.65. The quantitative estimate of drug-likeness (QED) is 0.888. The van der Waals surface area contributed by atoms with Crippen LogP contribution in [0, 0.1) is 11.7 Å². The second-order valence-corrected chi connectivity index (χ2v) is 6.63. The van der Waals surface area contributed by atoms with Gasteiger partial charge in [-0.15, -0.1) is 0 Å². The maximum Gasteiger partial charge on any atom is 0.251 e. The molecule has 1 fully saturated rings. The number of fused-ring (bicyclic) bond motifs is 1. The van der Waals surface area contributed by atoms with Crippen LogP contribution >= 0.6 is 0 Å². The van der Waals surface area contributed by atoms with Gasteiger partial charge in [-0.25, -0.2) is 4.39 Å². The molecule has 1 unspecified atom stereocenters. The average molecular weight is 346 g/mol. The Kier molecular flexibility index (Phi) is 5.43. The minimum Gasteiger partial charge on any atom is -0.356 e. The Morgan fingerprint density at radius 2 is 2.24 bits per heavy atom. The van der Waals surface area contributed by atoms with Crippen LogP contribution in [0.2, 0.25) is 0 Å². The molecule has 0 bridgehead atoms. The lowest BCUT2D eigenvalue weighted by atomic mass is 9.98. The van der Waals surface area contributed by atoms with Crippen molar-refractivity contribution in [3.63, 3.8) is 0 Å². The number of nitrogens with zero attached hydrogens (tertiary/aromatic N) is 3. The van der Waals surface area contributed by atoms with Crippen LogP contribution in [0.3, 0.4) is 0 Å². The number of hydrogen-bond acceptors (Lipinski definition) is 4. The van der Waals surface area contributed by atoms with Crippen molar-refractivity contribution < 1.29 is 9.18 Å². The average Bonchev–Trinajstić information content (AvgIpc) is 2.59. The van der Waals surface area contributed by atoms with Gasteiger partial charge in [0.1, 0.15) is 5.82 Å². The maximum absolute atomic E-state index is 13.5. The molecule has 0 spiro atoms. The van der Waals surface area contributed by atoms with Crippen LogP contribution in [-0.2, 0) is 11.3 Å². The molecule has 2 aromatic rings. The van der Waals surface area contributed by atoms with E-state index in [4.69, 9.17) is 0 Å². The number of carbonyl (C=O) groups is 1. The molecule has 1 aliphatic heterocycles. The van der Waals surface area contributed by atoms with Gasteiger partial charge in [0.25, 0.3) is 5.56 Å². The van der Waals surface area contributed by atoms with Crippen LogP contribution < -0.4 is 10.9 Å². The number of amides is 1. The van der Waals surface area contributed by atoms with Gasteiger partial charge >= 0.3 is 0 Å². The number of nitrogens with one attached hydrogen (secondary N) is 1. The highest BCUT2D eigenvalue weighted by molar-refractivity contribution is 5.74. The van der Waals surface area contributed by atoms with E-state index in [1.165, 1.54) is 19.1 Å². The molecular formula is C18H23FN4O2. The minimum absolute atomic E-state index is 0.00559. The molecule has 1 N–H and O–H groups in total. The Hall–Kier alpha value is -2.28. The normalized spacial score (nSPS) is 18.4. The largest absolute Gasteiger partial charge is 0.356 e. The van der Waals surface area contributed by atoms with Crippen LogP contribution in [0.5, 0.6) is 0 Å². The van der Waals surface area contributed by atoms with E-state index in [-0.39, 0.29) is 11.5 Å². The summed E-state index contributed by atoms with van der Waals surface area (Å²) in [7, 11) is 0. The van der Waals surface area contributed by atoms with E-state index in [1.54, 1.807) is 10.6 Å². The summed E-state index contributed by atoms with van der Waals surface area (Å²) in [6.07, 6.45) is 3.33. The monoisotopic (exact) mass is 346 g/mol. The van der Waals surface area contributed by atoms with E-state index in [2.05, 4.69) is 15.2 Å². The zero-order valence-electron chi connectivity index (χ0n) is 14.4. The fourth-order valence-electron chi connectivity index (χ4n) is 3.42. The second-order valence-electron chi connectivity index (χ2n) is 6.63. The van der Waals surface area contributed by atoms with Crippen molar-refractivity contribution in [2.45, 2.75) is 26.3 Å². The van der Waals surface area contributed by atoms with Crippen LogP contribution in [0.25, 0.3) is 11.0 Å². The van der Waals surface area contributed by atoms with Gasteiger partial charge in [-0.05, 0) is 31.4 Å². The highest BCUT2D eigenvalue weighted by Gasteiger charge is 2.20. The van der Waals surface area contributed by atoms with Crippen molar-refractivity contribution in [2.24, 2.45) is 5.92 Å². The number of halogens is 1. The topological polar surface area (TPSA) is 67.2 Å². The smallest absolute Gasteiger partial charge is 0.251 e. The lowest BCUT2D eigenvalue weighted by Gasteiger charge is -2.32. The summed E-state index contributed by atoms with van der Waals surface area (Å²) >= 11 is 0. The molecule has 3 heterocycles. The van der Waals surface area contributed by atoms with E-state index >= 15 is 0 Å². The molecule has 2 aromatic heterocycles. The Morgan fingerprint density at radius 3 is 3.04 bits per heavy atom. The highest BCUT2D eigenvalue weighted by atomic mass is 19.1. The third kappa shape index (κ3) is 4.42. The summed E-state index contributed by atoms with van der Waals surface area (Å²) in [4.78, 5) is 29.6. The van der Waals surface area contributed by atoms with Crippen molar-refractivity contribution in [3.05, 3.63) is 40.6 Å². The fraction of sp³-hybridized carbons (Fsp3) is 0.500. The van der Waals surface area contributed by atoms with Gasteiger partial charge < -0.3 is 14.8 Å². The first-order valence-electron chi connectivity index (χ1n) is 8.65. The van der Waals surface area contributed by atoms with Crippen LogP contribution in [0.15, 0.2) is 29.2 Å². The zero-order valence-corrected chi connectivity index (χ0v) is 14.4. The van der Waals surface area contributed by atoms with Gasteiger partial charge in [-0.2, -0.15) is 0 Å². The minimum atomic E-state index is -0.444. The van der Waals surface area contributed by atoms with E-state index < -0.39 is 5.82 Å². The van der Waals surface area contributed by atoms with E-state index in [1.807, 2.05) is 0 Å². The summed E-state index contributed by atoms with van der Waals surface area (Å²) in [6, 6.07) is 4.46. The summed E-state index contributed by atoms with van der Waals surface area (Å²) < 4.78 is 15.1. The summed E-state index contributed by atoms with van der Waals surface area (Å²) in [5, 5.41) is 2.88. The lowest BCUT2D eigenvalue weighted by molar-refractivity contribution is -0.119. The van der Waals surface area contributed by atoms with Crippen molar-refractivity contribution >= 4 is 16.9 Å². The molecule has 134 valence electrons. The predicted octanol–water partition coefficient (Wildman–Crippen LogP) is 1.38. The van der Waals surface area contributed by atoms with Crippen molar-refractivity contribution in [2.75, 3.05) is 26.2 Å². The summed E-state index contributed by atoms with van der Waals surface area (Å²) in [5.74, 6) is -0.0184. The van der Waals surface area contributed by atoms with Crippen molar-refractivity contribution in [1.82, 2.24) is 19.8 Å². The zero-order chi connectivity index (χ0) is 17.8. The number of likely N-dealkylation sites (tertiary alicyclic amines) is 1. The number of piperidine rings is 1. The van der Waals surface area contributed by atoms with E-state index in [0.717, 1.165) is 32.1 Å². The van der Waals surface area contributed by atoms with Crippen molar-refractivity contribution in [3.8, 4) is 0 Å². The molecular weight excluding hydrogens is 323 g/mol. The third-order valence-corrected chi connectivity index (χ3v) is 4.69. The molecule has 7 heteroatoms. The van der Waals surface area contributed by atoms with Gasteiger partial charge in [-0.3, -0.25) is 14.6 Å². The first-order chi connectivity index (χ1) is 12.0. The number of pyridine rings is 2. The molecule has 1 aliphatic rings. The highest BCUT2D eigenvalue weighted by Crippen LogP contribution is 2.16. The molecule has 0 aromatic carbocycles. The first kappa shape index (κ1) is 17.5. The van der Waals surface area contributed by atoms with E-state index in [0.29, 0.717) is 36.6 Å². The Morgan fingerprint density at radius 1 is 1.40 bits per heavy atom. The molecule has 25 heavy (non-hydrogen) atoms. The summed E-state index contributed by atoms with van der Waals surface area (Å²) in [6.45, 7) is 5.30. The maximum atomic E-state index is 13.5. The third-order valence-electron chi connectivity index (χ3n) is 4.69. The van der Waals surface area contributed by atoms with Crippen LogP contribution in [0.4, 0.5) is 4.39 Å². The van der Waals surface area contributed by atoms with Crippen molar-refractivity contribution in [1.29, 1.82) is 0 Å². The summed E-state index contributed by atoms with van der Waals surface area (Å²) in [5.41, 5.74) is 0.995. The molecule has 0 aliphatic carbocycles. The number of rotatable bonds is 5. The van der Waals surface area contributed by atoms with Crippen LogP contribution in [0.1, 0.15) is 19.8 Å². The van der Waals surface area contributed by atoms with Gasteiger partial charge in [0.05, 0.1) is 17.2 Å². The lowest BCUT2D eigenvalue weighted by Crippen LogP contribution is -2.42. The van der Waals surface area contributed by atoms with Gasteiger partial charge in [0, 0.05) is 45.2 Å². The Labute approximate surface area is 145 Å². The predicted molar refractivity (Wildman–Crippen MR) is 93.8 cm³/mol. The molecule has 1 amide bonds. The SMILES string of the molecule is CC(=O)NCC1CCCN(CCn2c(=O)ccc3ncc(F)cc32)C1. The van der Waals surface area contributed by atoms with E-state index in [9.17, 15) is 14.0 Å². The second kappa shape index (κ2) is 7.74. The molecule has 1 atom stereocenters. The molecule has 1 saturated heterocycles. The number of aromatic nitrogens is 2. The molecule has 0 radical (unpaired) electrons.